The number of nitrogens with one attached hydrogen (secondary N) is 5. The summed E-state index contributed by atoms with van der Waals surface area (Å²) in [6.45, 7) is -1.26. The van der Waals surface area contributed by atoms with Gasteiger partial charge in [-0.25, -0.2) is 0 Å². The standard InChI is InChI=1S/C56H74N12O19/c1-27-47(78)34(20-42(86-27)87-35-22-56(85,36(72)26-70)21-31-44(35)51(82)46-45(49(31)80)48(79)30-9-5-8-28(25-69)43(30)50(46)81)67-53(84)33(11-7-18-62-55(59)60)66-52(83)32(10-6-17-61-54(57)58)65-39(75)24-64-38(74)14-13-29(71)23-63-37(73)12-3-2-4-19-68-40(76)15-16-41(68)77/h5,8-9,15-16,27,32-35,42,47,69-70,78,80,82,85H,2-4,6-7,10-14,17-26H2,1H3,(H,63,73)(H,64,74)(H,65,75)(H,66,83)(H,67,84)(H4,57,58,61)(H4,59,60,62)/t27-,32?,33?,34-,35?,42-,47+,56-/m1/s1. The lowest BCUT2D eigenvalue weighted by Crippen LogP contribution is -2.60. The second kappa shape index (κ2) is 30.6. The van der Waals surface area contributed by atoms with Crippen LogP contribution in [0, 0.1) is 0 Å². The Morgan fingerprint density at radius 1 is 0.759 bits per heavy atom. The summed E-state index contributed by atoms with van der Waals surface area (Å²) in [5.74, 6) is -10.3. The van der Waals surface area contributed by atoms with Gasteiger partial charge in [-0.05, 0) is 51.0 Å². The highest BCUT2D eigenvalue weighted by atomic mass is 16.7. The molecular weight excluding hydrogens is 1140 g/mol. The molecule has 87 heavy (non-hydrogen) atoms. The molecule has 31 nitrogen and oxygen atoms in total. The first-order valence-electron chi connectivity index (χ1n) is 28.2. The molecule has 0 spiro atoms. The van der Waals surface area contributed by atoms with Crippen LogP contribution in [0.3, 0.4) is 0 Å². The summed E-state index contributed by atoms with van der Waals surface area (Å²) in [4.78, 5) is 153. The molecule has 2 aliphatic carbocycles. The molecule has 1 fully saturated rings. The lowest BCUT2D eigenvalue weighted by Gasteiger charge is -2.43. The molecule has 3 unspecified atom stereocenters. The van der Waals surface area contributed by atoms with Gasteiger partial charge in [-0.2, -0.15) is 0 Å². The molecule has 19 N–H and O–H groups in total. The van der Waals surface area contributed by atoms with Gasteiger partial charge in [0, 0.05) is 92.6 Å². The molecule has 8 atom stereocenters. The number of ketones is 4. The predicted octanol–water partition coefficient (Wildman–Crippen LogP) is -4.21. The summed E-state index contributed by atoms with van der Waals surface area (Å²) >= 11 is 0. The molecule has 472 valence electrons. The van der Waals surface area contributed by atoms with Crippen LogP contribution in [0.4, 0.5) is 0 Å². The largest absolute Gasteiger partial charge is 0.507 e. The van der Waals surface area contributed by atoms with Crippen LogP contribution in [0.15, 0.2) is 40.3 Å². The molecule has 0 aromatic heterocycles. The Morgan fingerprint density at radius 3 is 2.01 bits per heavy atom. The number of fused-ring (bicyclic) bond motifs is 3. The number of hydrogen-bond donors (Lipinski definition) is 15. The van der Waals surface area contributed by atoms with Gasteiger partial charge in [-0.1, -0.05) is 24.6 Å². The lowest BCUT2D eigenvalue weighted by atomic mass is 9.71. The van der Waals surface area contributed by atoms with E-state index in [2.05, 4.69) is 36.6 Å². The van der Waals surface area contributed by atoms with Crippen LogP contribution in [0.5, 0.6) is 11.5 Å². The van der Waals surface area contributed by atoms with E-state index >= 15 is 0 Å². The third-order valence-electron chi connectivity index (χ3n) is 15.1. The molecule has 4 aliphatic rings. The Kier molecular flexibility index (Phi) is 23.7. The second-order valence-electron chi connectivity index (χ2n) is 21.4. The zero-order valence-corrected chi connectivity index (χ0v) is 47.7. The first-order valence-corrected chi connectivity index (χ1v) is 28.2. The van der Waals surface area contributed by atoms with Crippen LogP contribution < -0.4 is 49.5 Å². The SMILES string of the molecule is C[C@H]1O[C@H](OC2C[C@@](O)(C(=O)CO)Cc3c(O)c4c(c(O)c32)C(=O)c2c(CO)cccc2C4=O)C[C@@H](NC(=O)C(CCCN=C(N)N)NC(=O)C(CCCN=C(N)N)NC(=O)CNC(=O)CCC(=O)CNC(=O)CCCCCN2C(=O)C=CC2=O)[C@H]1O. The smallest absolute Gasteiger partial charge is 0.253 e. The Balaban J connectivity index is 1.11. The number of rotatable bonds is 31. The number of aliphatic hydroxyl groups is 4. The van der Waals surface area contributed by atoms with Crippen molar-refractivity contribution in [1.29, 1.82) is 0 Å². The average Bonchev–Trinajstić information content (AvgIpc) is 0.972. The third kappa shape index (κ3) is 17.2. The molecule has 31 heteroatoms. The number of nitrogens with two attached hydrogens (primary N) is 4. The van der Waals surface area contributed by atoms with E-state index in [4.69, 9.17) is 32.4 Å². The molecule has 2 heterocycles. The van der Waals surface area contributed by atoms with Crippen LogP contribution in [-0.4, -0.2) is 193 Å². The number of ether oxygens (including phenoxy) is 2. The van der Waals surface area contributed by atoms with Crippen molar-refractivity contribution in [3.8, 4) is 11.5 Å². The van der Waals surface area contributed by atoms with Crippen molar-refractivity contribution in [1.82, 2.24) is 31.5 Å². The molecule has 2 aromatic rings. The molecule has 0 saturated carbocycles. The fourth-order valence-electron chi connectivity index (χ4n) is 10.5. The average molecular weight is 1220 g/mol. The van der Waals surface area contributed by atoms with Gasteiger partial charge in [0.25, 0.3) is 11.8 Å². The maximum Gasteiger partial charge on any atom is 0.253 e. The van der Waals surface area contributed by atoms with E-state index in [9.17, 15) is 83.4 Å². The van der Waals surface area contributed by atoms with Crippen LogP contribution in [0.1, 0.15) is 139 Å². The zero-order valence-electron chi connectivity index (χ0n) is 47.7. The molecule has 0 bridgehead atoms. The molecule has 6 rings (SSSR count). The summed E-state index contributed by atoms with van der Waals surface area (Å²) in [5.41, 5.74) is 17.1. The van der Waals surface area contributed by atoms with Crippen molar-refractivity contribution < 1.29 is 92.9 Å². The summed E-state index contributed by atoms with van der Waals surface area (Å²) in [6.07, 6.45) is -4.48. The molecule has 2 aliphatic heterocycles. The van der Waals surface area contributed by atoms with Crippen LogP contribution >= 0.6 is 0 Å². The highest BCUT2D eigenvalue weighted by Crippen LogP contribution is 2.52. The van der Waals surface area contributed by atoms with Crippen LogP contribution in [0.25, 0.3) is 0 Å². The number of aliphatic imine (C=N–C) groups is 2. The first kappa shape index (κ1) is 67.4. The number of guanidine groups is 2. The number of phenols is 2. The van der Waals surface area contributed by atoms with Crippen molar-refractivity contribution in [2.45, 2.75) is 145 Å². The number of Topliss-reactive ketones (excluding diaryl/α,β-unsaturated/α-hetero) is 2. The Morgan fingerprint density at radius 2 is 1.38 bits per heavy atom. The number of carbonyl (C=O) groups excluding carboxylic acids is 11. The third-order valence-corrected chi connectivity index (χ3v) is 15.1. The summed E-state index contributed by atoms with van der Waals surface area (Å²) < 4.78 is 12.3. The molecular formula is C56H74N12O19. The summed E-state index contributed by atoms with van der Waals surface area (Å²) in [5, 5.41) is 79.6. The van der Waals surface area contributed by atoms with Crippen molar-refractivity contribution in [2.75, 3.05) is 39.3 Å². The Bertz CT molecular complexity index is 3090. The molecule has 2 aromatic carbocycles. The van der Waals surface area contributed by atoms with E-state index < -0.39 is 174 Å². The highest BCUT2D eigenvalue weighted by molar-refractivity contribution is 6.31. The number of imide groups is 1. The normalized spacial score (nSPS) is 20.9. The monoisotopic (exact) mass is 1220 g/mol. The van der Waals surface area contributed by atoms with Crippen LogP contribution in [0.2, 0.25) is 0 Å². The van der Waals surface area contributed by atoms with Crippen molar-refractivity contribution in [3.63, 3.8) is 0 Å². The molecule has 0 radical (unpaired) electrons. The number of aliphatic hydroxyl groups excluding tert-OH is 3. The van der Waals surface area contributed by atoms with Gasteiger partial charge >= 0.3 is 0 Å². The van der Waals surface area contributed by atoms with E-state index in [1.54, 1.807) is 0 Å². The second-order valence-corrected chi connectivity index (χ2v) is 21.4. The number of aromatic hydroxyl groups is 2. The van der Waals surface area contributed by atoms with Gasteiger partial charge in [0.05, 0.1) is 49.1 Å². The van der Waals surface area contributed by atoms with Gasteiger partial charge in [0.15, 0.2) is 41.3 Å². The van der Waals surface area contributed by atoms with Gasteiger partial charge < -0.3 is 89.6 Å². The topological polar surface area (TPSA) is 520 Å². The number of carbonyl (C=O) groups is 11. The number of amides is 7. The quantitative estimate of drug-likeness (QED) is 0.00954. The highest BCUT2D eigenvalue weighted by Gasteiger charge is 2.50. The van der Waals surface area contributed by atoms with E-state index in [1.165, 1.54) is 37.3 Å². The van der Waals surface area contributed by atoms with Crippen molar-refractivity contribution in [3.05, 3.63) is 69.3 Å². The Labute approximate surface area is 497 Å². The molecule has 7 amide bonds. The minimum atomic E-state index is -2.50. The fourth-order valence-corrected chi connectivity index (χ4v) is 10.5. The number of nitrogens with zero attached hydrogens (tertiary/aromatic N) is 3. The summed E-state index contributed by atoms with van der Waals surface area (Å²) in [6, 6.07) is -0.0273. The number of benzene rings is 2. The maximum absolute atomic E-state index is 14.4. The lowest BCUT2D eigenvalue weighted by molar-refractivity contribution is -0.249. The van der Waals surface area contributed by atoms with E-state index in [0.29, 0.717) is 19.3 Å². The van der Waals surface area contributed by atoms with Gasteiger partial charge in [-0.3, -0.25) is 67.6 Å². The maximum atomic E-state index is 14.4. The minimum Gasteiger partial charge on any atom is -0.507 e. The minimum absolute atomic E-state index is 0.00619. The van der Waals surface area contributed by atoms with Crippen molar-refractivity contribution >= 4 is 76.4 Å². The number of unbranched alkanes of at least 4 members (excludes halogenated alkanes) is 2. The van der Waals surface area contributed by atoms with Crippen molar-refractivity contribution in [2.24, 2.45) is 32.9 Å². The van der Waals surface area contributed by atoms with Gasteiger partial charge in [0.1, 0.15) is 41.9 Å². The number of hydrogen-bond acceptors (Lipinski definition) is 21. The van der Waals surface area contributed by atoms with Gasteiger partial charge in [0.2, 0.25) is 29.5 Å². The molecule has 1 saturated heterocycles. The van der Waals surface area contributed by atoms with Gasteiger partial charge in [-0.15, -0.1) is 0 Å². The fraction of sp³-hybridized carbons (Fsp3) is 0.518. The van der Waals surface area contributed by atoms with E-state index in [0.717, 1.165) is 4.90 Å². The number of phenolic OH excluding ortho intramolecular Hbond substituents is 2. The first-order chi connectivity index (χ1) is 41.3. The summed E-state index contributed by atoms with van der Waals surface area (Å²) in [7, 11) is 0. The Hall–Kier alpha value is -8.75. The van der Waals surface area contributed by atoms with Crippen LogP contribution in [-0.2, 0) is 65.7 Å². The van der Waals surface area contributed by atoms with E-state index in [1.807, 2.05) is 0 Å². The zero-order chi connectivity index (χ0) is 63.9. The van der Waals surface area contributed by atoms with E-state index in [-0.39, 0.29) is 111 Å². The predicted molar refractivity (Wildman–Crippen MR) is 303 cm³/mol.